The van der Waals surface area contributed by atoms with Gasteiger partial charge < -0.3 is 19.7 Å². The highest BCUT2D eigenvalue weighted by Gasteiger charge is 2.24. The molecule has 0 aliphatic rings. The number of rotatable bonds is 6. The van der Waals surface area contributed by atoms with Gasteiger partial charge in [-0.25, -0.2) is 19.6 Å². The third-order valence-electron chi connectivity index (χ3n) is 3.64. The molecule has 2 N–H and O–H groups in total. The zero-order chi connectivity index (χ0) is 20.4. The lowest BCUT2D eigenvalue weighted by Gasteiger charge is -2.21. The van der Waals surface area contributed by atoms with Crippen LogP contribution in [-0.2, 0) is 23.0 Å². The second-order valence-corrected chi connectivity index (χ2v) is 6.96. The summed E-state index contributed by atoms with van der Waals surface area (Å²) in [5.41, 5.74) is -0.135. The minimum absolute atomic E-state index is 0.0633. The quantitative estimate of drug-likeness (QED) is 0.569. The SMILES string of the molecule is Cn1c(CCC(NC(=O)OC(C)(C)C)C(=O)O)nc2cc([N+](=O)[O-])cnc21. The van der Waals surface area contributed by atoms with Gasteiger partial charge >= 0.3 is 12.1 Å². The zero-order valence-electron chi connectivity index (χ0n) is 15.4. The predicted molar refractivity (Wildman–Crippen MR) is 94.3 cm³/mol. The van der Waals surface area contributed by atoms with E-state index in [1.807, 2.05) is 0 Å². The highest BCUT2D eigenvalue weighted by Crippen LogP contribution is 2.19. The maximum Gasteiger partial charge on any atom is 0.408 e. The van der Waals surface area contributed by atoms with Crippen LogP contribution in [0.5, 0.6) is 0 Å². The number of aromatic nitrogens is 3. The Bertz CT molecular complexity index is 885. The third-order valence-corrected chi connectivity index (χ3v) is 3.64. The Morgan fingerprint density at radius 3 is 2.67 bits per heavy atom. The summed E-state index contributed by atoms with van der Waals surface area (Å²) >= 11 is 0. The molecule has 0 saturated heterocycles. The van der Waals surface area contributed by atoms with Gasteiger partial charge in [0.1, 0.15) is 29.2 Å². The van der Waals surface area contributed by atoms with Crippen LogP contribution in [0.15, 0.2) is 12.3 Å². The molecule has 0 aliphatic carbocycles. The number of hydrogen-bond acceptors (Lipinski definition) is 7. The van der Waals surface area contributed by atoms with Crippen LogP contribution in [-0.4, -0.2) is 48.3 Å². The van der Waals surface area contributed by atoms with Crippen molar-refractivity contribution in [2.45, 2.75) is 45.3 Å². The van der Waals surface area contributed by atoms with Crippen molar-refractivity contribution in [3.8, 4) is 0 Å². The smallest absolute Gasteiger partial charge is 0.408 e. The first kappa shape index (κ1) is 20.1. The van der Waals surface area contributed by atoms with Crippen molar-refractivity contribution in [3.63, 3.8) is 0 Å². The molecule has 2 aromatic rings. The van der Waals surface area contributed by atoms with Crippen molar-refractivity contribution in [2.24, 2.45) is 7.05 Å². The van der Waals surface area contributed by atoms with Crippen LogP contribution in [0, 0.1) is 10.1 Å². The van der Waals surface area contributed by atoms with Gasteiger partial charge in [-0.15, -0.1) is 0 Å². The Hall–Kier alpha value is -3.24. The molecule has 2 rings (SSSR count). The van der Waals surface area contributed by atoms with E-state index >= 15 is 0 Å². The van der Waals surface area contributed by atoms with Crippen LogP contribution in [0.4, 0.5) is 10.5 Å². The van der Waals surface area contributed by atoms with Crippen molar-refractivity contribution in [1.82, 2.24) is 19.9 Å². The van der Waals surface area contributed by atoms with Gasteiger partial charge in [0.15, 0.2) is 5.65 Å². The number of alkyl carbamates (subject to hydrolysis) is 1. The number of carbonyl (C=O) groups is 2. The van der Waals surface area contributed by atoms with E-state index in [1.165, 1.54) is 6.07 Å². The van der Waals surface area contributed by atoms with Crippen molar-refractivity contribution in [1.29, 1.82) is 0 Å². The molecule has 0 radical (unpaired) electrons. The molecule has 146 valence electrons. The van der Waals surface area contributed by atoms with Crippen molar-refractivity contribution >= 4 is 28.9 Å². The molecule has 1 atom stereocenters. The highest BCUT2D eigenvalue weighted by atomic mass is 16.6. The Kier molecular flexibility index (Phi) is 5.62. The van der Waals surface area contributed by atoms with E-state index in [2.05, 4.69) is 15.3 Å². The predicted octanol–water partition coefficient (Wildman–Crippen LogP) is 1.79. The number of ether oxygens (including phenoxy) is 1. The fourth-order valence-corrected chi connectivity index (χ4v) is 2.42. The van der Waals surface area contributed by atoms with Crippen LogP contribution in [0.25, 0.3) is 11.2 Å². The summed E-state index contributed by atoms with van der Waals surface area (Å²) in [6, 6.07) is 0.140. The van der Waals surface area contributed by atoms with Crippen LogP contribution >= 0.6 is 0 Å². The largest absolute Gasteiger partial charge is 0.480 e. The summed E-state index contributed by atoms with van der Waals surface area (Å²) in [6.45, 7) is 5.02. The number of nitro groups is 1. The summed E-state index contributed by atoms with van der Waals surface area (Å²) < 4.78 is 6.70. The number of amides is 1. The van der Waals surface area contributed by atoms with Crippen LogP contribution < -0.4 is 5.32 Å². The number of fused-ring (bicyclic) bond motifs is 1. The fourth-order valence-electron chi connectivity index (χ4n) is 2.42. The zero-order valence-corrected chi connectivity index (χ0v) is 15.4. The molecule has 1 unspecified atom stereocenters. The minimum atomic E-state index is -1.20. The Morgan fingerprint density at radius 1 is 1.44 bits per heavy atom. The molecule has 11 heteroatoms. The highest BCUT2D eigenvalue weighted by molar-refractivity contribution is 5.80. The van der Waals surface area contributed by atoms with Gasteiger partial charge in [0.25, 0.3) is 5.69 Å². The molecule has 2 aromatic heterocycles. The van der Waals surface area contributed by atoms with Crippen molar-refractivity contribution in [3.05, 3.63) is 28.2 Å². The van der Waals surface area contributed by atoms with Gasteiger partial charge in [-0.05, 0) is 27.2 Å². The number of carbonyl (C=O) groups excluding carboxylic acids is 1. The first-order valence-corrected chi connectivity index (χ1v) is 8.16. The molecule has 2 heterocycles. The number of imidazole rings is 1. The van der Waals surface area contributed by atoms with Crippen LogP contribution in [0.2, 0.25) is 0 Å². The van der Waals surface area contributed by atoms with E-state index in [1.54, 1.807) is 32.4 Å². The lowest BCUT2D eigenvalue weighted by molar-refractivity contribution is -0.385. The molecule has 0 aromatic carbocycles. The number of pyridine rings is 1. The summed E-state index contributed by atoms with van der Waals surface area (Å²) in [5.74, 6) is -0.705. The average Bonchev–Trinajstić information content (AvgIpc) is 2.85. The topological polar surface area (TPSA) is 149 Å². The van der Waals surface area contributed by atoms with Gasteiger partial charge in [0.05, 0.1) is 4.92 Å². The molecule has 0 saturated carbocycles. The standard InChI is InChI=1S/C16H21N5O6/c1-16(2,3)27-15(24)19-10(14(22)23)5-6-12-18-11-7-9(21(25)26)8-17-13(11)20(12)4/h7-8,10H,5-6H2,1-4H3,(H,19,24)(H,22,23). The molecule has 0 spiro atoms. The Balaban J connectivity index is 2.12. The van der Waals surface area contributed by atoms with Gasteiger partial charge in [0.2, 0.25) is 0 Å². The van der Waals surface area contributed by atoms with Gasteiger partial charge in [-0.3, -0.25) is 10.1 Å². The second kappa shape index (κ2) is 7.56. The first-order valence-electron chi connectivity index (χ1n) is 8.16. The fraction of sp³-hybridized carbons (Fsp3) is 0.500. The minimum Gasteiger partial charge on any atom is -0.480 e. The monoisotopic (exact) mass is 379 g/mol. The van der Waals surface area contributed by atoms with Crippen LogP contribution in [0.1, 0.15) is 33.0 Å². The number of carboxylic acids is 1. The maximum atomic E-state index is 11.8. The Labute approximate surface area is 154 Å². The molecule has 0 aliphatic heterocycles. The normalized spacial score (nSPS) is 12.6. The number of aryl methyl sites for hydroxylation is 2. The number of nitrogens with zero attached hydrogens (tertiary/aromatic N) is 4. The number of hydrogen-bond donors (Lipinski definition) is 2. The summed E-state index contributed by atoms with van der Waals surface area (Å²) in [4.78, 5) is 41.8. The summed E-state index contributed by atoms with van der Waals surface area (Å²) in [7, 11) is 1.68. The molecule has 0 bridgehead atoms. The van der Waals surface area contributed by atoms with E-state index in [4.69, 9.17) is 4.74 Å². The second-order valence-electron chi connectivity index (χ2n) is 6.96. The van der Waals surface area contributed by atoms with E-state index in [0.29, 0.717) is 17.0 Å². The molecule has 11 nitrogen and oxygen atoms in total. The van der Waals surface area contributed by atoms with Gasteiger partial charge in [-0.1, -0.05) is 0 Å². The average molecular weight is 379 g/mol. The van der Waals surface area contributed by atoms with E-state index in [9.17, 15) is 24.8 Å². The molecular formula is C16H21N5O6. The van der Waals surface area contributed by atoms with Gasteiger partial charge in [0, 0.05) is 19.5 Å². The Morgan fingerprint density at radius 2 is 2.11 bits per heavy atom. The van der Waals surface area contributed by atoms with Crippen LogP contribution in [0.3, 0.4) is 0 Å². The summed E-state index contributed by atoms with van der Waals surface area (Å²) in [6.07, 6.45) is 0.594. The third kappa shape index (κ3) is 5.12. The lowest BCUT2D eigenvalue weighted by Crippen LogP contribution is -2.43. The first-order chi connectivity index (χ1) is 12.5. The van der Waals surface area contributed by atoms with Crippen molar-refractivity contribution < 1.29 is 24.4 Å². The molecule has 1 amide bonds. The van der Waals surface area contributed by atoms with Crippen molar-refractivity contribution in [2.75, 3.05) is 0 Å². The molecular weight excluding hydrogens is 358 g/mol. The van der Waals surface area contributed by atoms with Gasteiger partial charge in [-0.2, -0.15) is 0 Å². The lowest BCUT2D eigenvalue weighted by atomic mass is 10.1. The van der Waals surface area contributed by atoms with E-state index < -0.39 is 28.6 Å². The molecule has 27 heavy (non-hydrogen) atoms. The summed E-state index contributed by atoms with van der Waals surface area (Å²) in [5, 5.41) is 22.5. The van der Waals surface area contributed by atoms with E-state index in [-0.39, 0.29) is 18.5 Å². The maximum absolute atomic E-state index is 11.8. The number of nitrogens with one attached hydrogen (secondary N) is 1. The number of aliphatic carboxylic acids is 1. The number of carboxylic acid groups (broad SMARTS) is 1. The molecule has 0 fully saturated rings. The van der Waals surface area contributed by atoms with E-state index in [0.717, 1.165) is 6.20 Å².